The van der Waals surface area contributed by atoms with E-state index in [0.717, 1.165) is 17.6 Å². The van der Waals surface area contributed by atoms with E-state index in [4.69, 9.17) is 37.6 Å². The van der Waals surface area contributed by atoms with Gasteiger partial charge in [0, 0.05) is 52.9 Å². The normalized spacial score (nSPS) is 21.8. The molecule has 0 saturated carbocycles. The lowest BCUT2D eigenvalue weighted by molar-refractivity contribution is -0.163. The molecule has 1 aliphatic rings. The average molecular weight is 827 g/mol. The number of hydrogen-bond acceptors (Lipinski definition) is 12. The Labute approximate surface area is 345 Å². The van der Waals surface area contributed by atoms with Gasteiger partial charge in [-0.3, -0.25) is 4.79 Å². The lowest BCUT2D eigenvalue weighted by atomic mass is 9.76. The Morgan fingerprint density at radius 2 is 1.60 bits per heavy atom. The second-order valence-electron chi connectivity index (χ2n) is 18.2. The van der Waals surface area contributed by atoms with Gasteiger partial charge in [-0.15, -0.1) is 0 Å². The number of aliphatic hydroxyl groups is 3. The molecule has 0 aromatic heterocycles. The molecular formula is C44H78O12Si. The van der Waals surface area contributed by atoms with Crippen molar-refractivity contribution in [3.8, 4) is 0 Å². The lowest BCUT2D eigenvalue weighted by Gasteiger charge is -2.41. The number of Topliss-reactive ketones (excluding diaryl/α,β-unsaturated/α-hetero) is 1. The summed E-state index contributed by atoms with van der Waals surface area (Å²) in [4.78, 5) is 14.5. The molecule has 12 nitrogen and oxygen atoms in total. The van der Waals surface area contributed by atoms with Crippen molar-refractivity contribution in [3.63, 3.8) is 0 Å². The van der Waals surface area contributed by atoms with E-state index in [2.05, 4.69) is 46.9 Å². The molecule has 1 aliphatic heterocycles. The molecule has 0 unspecified atom stereocenters. The summed E-state index contributed by atoms with van der Waals surface area (Å²) in [6.07, 6.45) is -1.86. The maximum Gasteiger partial charge on any atom is 0.192 e. The summed E-state index contributed by atoms with van der Waals surface area (Å²) in [7, 11) is 2.28. The van der Waals surface area contributed by atoms with Crippen LogP contribution in [-0.2, 0) is 49.0 Å². The van der Waals surface area contributed by atoms with E-state index in [9.17, 15) is 20.1 Å². The molecule has 3 N–H and O–H groups in total. The lowest BCUT2D eigenvalue weighted by Crippen LogP contribution is -2.50. The van der Waals surface area contributed by atoms with Crippen LogP contribution in [0.15, 0.2) is 42.0 Å². The standard InChI is InChI=1S/C44H78O12Si/c1-15-31(27-52-28-32-19-17-16-18-20-32)21-30(2)35(46)22-33(50-11)25-39(47)43(6,7)41(48)40-37(54-44(8,9)55-40)24-34(56-57(13,14)42(3,4)5)23-36(51-12)38(26-45)53-29-49-10/h16-21,31,33-40,45-47H,15,22-29H2,1-14H3/b30-21-/t31-,33-,34+,35+,36-,37-,38-,39+,40-/m1/s1. The van der Waals surface area contributed by atoms with Crippen LogP contribution in [0.1, 0.15) is 100.0 Å². The minimum atomic E-state index is -2.35. The smallest absolute Gasteiger partial charge is 0.192 e. The minimum Gasteiger partial charge on any atom is -0.414 e. The number of ketones is 1. The van der Waals surface area contributed by atoms with Gasteiger partial charge < -0.3 is 52.9 Å². The van der Waals surface area contributed by atoms with E-state index in [1.807, 2.05) is 37.3 Å². The summed E-state index contributed by atoms with van der Waals surface area (Å²) in [6, 6.07) is 10.0. The molecule has 330 valence electrons. The summed E-state index contributed by atoms with van der Waals surface area (Å²) in [5.41, 5.74) is 0.655. The molecule has 13 heteroatoms. The zero-order chi connectivity index (χ0) is 43.2. The van der Waals surface area contributed by atoms with Gasteiger partial charge in [-0.05, 0) is 56.5 Å². The van der Waals surface area contributed by atoms with E-state index in [-0.39, 0.29) is 43.0 Å². The van der Waals surface area contributed by atoms with Crippen molar-refractivity contribution in [3.05, 3.63) is 47.5 Å². The van der Waals surface area contributed by atoms with Crippen LogP contribution in [0.5, 0.6) is 0 Å². The first kappa shape index (κ1) is 51.5. The molecule has 0 radical (unpaired) electrons. The molecule has 9 atom stereocenters. The highest BCUT2D eigenvalue weighted by molar-refractivity contribution is 6.74. The van der Waals surface area contributed by atoms with Crippen LogP contribution in [0.2, 0.25) is 18.1 Å². The largest absolute Gasteiger partial charge is 0.414 e. The van der Waals surface area contributed by atoms with Gasteiger partial charge in [0.2, 0.25) is 0 Å². The Balaban J connectivity index is 2.23. The highest BCUT2D eigenvalue weighted by atomic mass is 28.4. The SMILES string of the molecule is CC[C@H](/C=C(/C)[C@@H](O)C[C@H](C[C@H](O)C(C)(C)C(=O)[C@@H]1OC(C)(C)O[C@@H]1C[C@H](C[C@@H](OC)[C@@H](CO)OCOC)O[Si](C)(C)C(C)(C)C)OC)COCc1ccccc1. The first-order valence-corrected chi connectivity index (χ1v) is 23.5. The predicted molar refractivity (Wildman–Crippen MR) is 224 cm³/mol. The molecule has 1 aromatic rings. The van der Waals surface area contributed by atoms with Crippen LogP contribution in [0, 0.1) is 11.3 Å². The van der Waals surface area contributed by atoms with Crippen molar-refractivity contribution in [2.24, 2.45) is 11.3 Å². The molecule has 0 spiro atoms. The van der Waals surface area contributed by atoms with Gasteiger partial charge in [0.1, 0.15) is 19.0 Å². The van der Waals surface area contributed by atoms with Crippen molar-refractivity contribution in [2.45, 2.75) is 174 Å². The van der Waals surface area contributed by atoms with E-state index in [0.29, 0.717) is 26.1 Å². The number of ether oxygens (including phenoxy) is 7. The maximum absolute atomic E-state index is 14.5. The van der Waals surface area contributed by atoms with Crippen LogP contribution >= 0.6 is 0 Å². The van der Waals surface area contributed by atoms with Crippen LogP contribution in [0.25, 0.3) is 0 Å². The average Bonchev–Trinajstić information content (AvgIpc) is 3.45. The molecule has 2 rings (SSSR count). The van der Waals surface area contributed by atoms with Gasteiger partial charge in [-0.2, -0.15) is 0 Å². The van der Waals surface area contributed by atoms with Crippen molar-refractivity contribution < 1.29 is 57.7 Å². The minimum absolute atomic E-state index is 0.00980. The van der Waals surface area contributed by atoms with E-state index in [1.165, 1.54) is 7.11 Å². The predicted octanol–water partition coefficient (Wildman–Crippen LogP) is 6.98. The molecule has 1 aromatic carbocycles. The Bertz CT molecular complexity index is 1330. The topological polar surface area (TPSA) is 152 Å². The highest BCUT2D eigenvalue weighted by Gasteiger charge is 2.52. The third kappa shape index (κ3) is 16.1. The highest BCUT2D eigenvalue weighted by Crippen LogP contribution is 2.41. The summed E-state index contributed by atoms with van der Waals surface area (Å²) in [6.45, 7) is 22.5. The van der Waals surface area contributed by atoms with Gasteiger partial charge in [0.05, 0.1) is 61.9 Å². The van der Waals surface area contributed by atoms with Crippen molar-refractivity contribution in [1.29, 1.82) is 0 Å². The van der Waals surface area contributed by atoms with Crippen LogP contribution in [0.4, 0.5) is 0 Å². The molecule has 0 bridgehead atoms. The molecule has 1 fully saturated rings. The fourth-order valence-corrected chi connectivity index (χ4v) is 8.21. The molecule has 57 heavy (non-hydrogen) atoms. The van der Waals surface area contributed by atoms with Gasteiger partial charge >= 0.3 is 0 Å². The fourth-order valence-electron chi connectivity index (χ4n) is 6.83. The maximum atomic E-state index is 14.5. The number of carbonyl (C=O) groups excluding carboxylic acids is 1. The zero-order valence-corrected chi connectivity index (χ0v) is 38.5. The second kappa shape index (κ2) is 23.4. The summed E-state index contributed by atoms with van der Waals surface area (Å²) >= 11 is 0. The van der Waals surface area contributed by atoms with E-state index < -0.39 is 68.4 Å². The van der Waals surface area contributed by atoms with Gasteiger partial charge in [0.15, 0.2) is 19.9 Å². The van der Waals surface area contributed by atoms with Crippen molar-refractivity contribution in [1.82, 2.24) is 0 Å². The third-order valence-corrected chi connectivity index (χ3v) is 16.3. The number of aliphatic hydroxyl groups excluding tert-OH is 3. The summed E-state index contributed by atoms with van der Waals surface area (Å²) < 4.78 is 48.1. The quantitative estimate of drug-likeness (QED) is 0.0477. The van der Waals surface area contributed by atoms with Crippen LogP contribution < -0.4 is 0 Å². The molecular weight excluding hydrogens is 749 g/mol. The van der Waals surface area contributed by atoms with Crippen molar-refractivity contribution in [2.75, 3.05) is 41.3 Å². The molecule has 0 aliphatic carbocycles. The summed E-state index contributed by atoms with van der Waals surface area (Å²) in [5, 5.41) is 33.0. The Hall–Kier alpha value is -1.59. The third-order valence-electron chi connectivity index (χ3n) is 11.8. The Morgan fingerprint density at radius 3 is 2.14 bits per heavy atom. The van der Waals surface area contributed by atoms with E-state index >= 15 is 0 Å². The van der Waals surface area contributed by atoms with Crippen LogP contribution in [-0.4, -0.2) is 125 Å². The number of carbonyl (C=O) groups is 1. The first-order valence-electron chi connectivity index (χ1n) is 20.6. The van der Waals surface area contributed by atoms with Crippen LogP contribution in [0.3, 0.4) is 0 Å². The van der Waals surface area contributed by atoms with Gasteiger partial charge in [-0.25, -0.2) is 0 Å². The van der Waals surface area contributed by atoms with Crippen molar-refractivity contribution >= 4 is 14.1 Å². The van der Waals surface area contributed by atoms with E-state index in [1.54, 1.807) is 41.9 Å². The Morgan fingerprint density at radius 1 is 0.947 bits per heavy atom. The zero-order valence-electron chi connectivity index (χ0n) is 37.5. The monoisotopic (exact) mass is 827 g/mol. The number of hydrogen-bond donors (Lipinski definition) is 3. The fraction of sp³-hybridized carbons (Fsp3) is 0.795. The first-order chi connectivity index (χ1) is 26.5. The molecule has 0 amide bonds. The number of rotatable bonds is 27. The number of benzene rings is 1. The molecule has 1 heterocycles. The number of methoxy groups -OCH3 is 3. The Kier molecular flexibility index (Phi) is 21.2. The van der Waals surface area contributed by atoms with Gasteiger partial charge in [0.25, 0.3) is 0 Å². The molecule has 1 saturated heterocycles. The summed E-state index contributed by atoms with van der Waals surface area (Å²) in [5.74, 6) is -1.25. The second-order valence-corrected chi connectivity index (χ2v) is 22.9. The van der Waals surface area contributed by atoms with Gasteiger partial charge in [-0.1, -0.05) is 78.0 Å².